The number of benzene rings is 2. The van der Waals surface area contributed by atoms with Gasteiger partial charge in [0.2, 0.25) is 0 Å². The van der Waals surface area contributed by atoms with Crippen LogP contribution < -0.4 is 4.74 Å². The summed E-state index contributed by atoms with van der Waals surface area (Å²) in [6.07, 6.45) is 5.04. The van der Waals surface area contributed by atoms with Crippen molar-refractivity contribution in [3.05, 3.63) is 72.3 Å². The Morgan fingerprint density at radius 2 is 1.91 bits per heavy atom. The van der Waals surface area contributed by atoms with E-state index in [-0.39, 0.29) is 0 Å². The highest BCUT2D eigenvalue weighted by Crippen LogP contribution is 2.26. The Labute approximate surface area is 136 Å². The van der Waals surface area contributed by atoms with Crippen LogP contribution in [-0.4, -0.2) is 16.6 Å². The fourth-order valence-electron chi connectivity index (χ4n) is 3.23. The molecule has 1 atom stereocenters. The number of rotatable bonds is 4. The highest BCUT2D eigenvalue weighted by atomic mass is 16.5. The molecular weight excluding hydrogens is 284 g/mol. The van der Waals surface area contributed by atoms with Gasteiger partial charge in [0.1, 0.15) is 5.75 Å². The normalized spacial score (nSPS) is 16.8. The van der Waals surface area contributed by atoms with Crippen LogP contribution in [0.25, 0.3) is 11.1 Å². The number of nitrogens with zero attached hydrogens (tertiary/aromatic N) is 1. The van der Waals surface area contributed by atoms with Gasteiger partial charge in [0, 0.05) is 5.69 Å². The van der Waals surface area contributed by atoms with E-state index in [1.165, 1.54) is 22.5 Å². The molecule has 2 aromatic carbocycles. The lowest BCUT2D eigenvalue weighted by molar-refractivity contribution is 0.233. The van der Waals surface area contributed by atoms with E-state index in [0.717, 1.165) is 31.6 Å². The Kier molecular flexibility index (Phi) is 3.85. The SMILES string of the molecule is c1ccc(-c2cccc(OCC3CCc4nc[nH]c4C3)c2)cc1. The molecule has 1 N–H and O–H groups in total. The van der Waals surface area contributed by atoms with Crippen LogP contribution in [0.15, 0.2) is 60.9 Å². The summed E-state index contributed by atoms with van der Waals surface area (Å²) in [5.41, 5.74) is 4.93. The van der Waals surface area contributed by atoms with Crippen LogP contribution in [0.1, 0.15) is 17.8 Å². The van der Waals surface area contributed by atoms with Gasteiger partial charge >= 0.3 is 0 Å². The molecule has 0 bridgehead atoms. The molecule has 0 aliphatic heterocycles. The van der Waals surface area contributed by atoms with E-state index in [1.54, 1.807) is 6.33 Å². The molecule has 1 aliphatic carbocycles. The van der Waals surface area contributed by atoms with E-state index in [9.17, 15) is 0 Å². The largest absolute Gasteiger partial charge is 0.493 e. The maximum Gasteiger partial charge on any atom is 0.119 e. The Balaban J connectivity index is 1.42. The van der Waals surface area contributed by atoms with Crippen LogP contribution in [0.5, 0.6) is 5.75 Å². The predicted molar refractivity (Wildman–Crippen MR) is 91.5 cm³/mol. The second kappa shape index (κ2) is 6.29. The molecule has 0 fully saturated rings. The molecule has 116 valence electrons. The molecule has 0 saturated heterocycles. The van der Waals surface area contributed by atoms with E-state index < -0.39 is 0 Å². The summed E-state index contributed by atoms with van der Waals surface area (Å²) in [4.78, 5) is 7.61. The third-order valence-corrected chi connectivity index (χ3v) is 4.52. The predicted octanol–water partition coefficient (Wildman–Crippen LogP) is 4.26. The van der Waals surface area contributed by atoms with Gasteiger partial charge in [-0.1, -0.05) is 42.5 Å². The minimum Gasteiger partial charge on any atom is -0.493 e. The number of H-pyrrole nitrogens is 1. The van der Waals surface area contributed by atoms with Gasteiger partial charge in [0.25, 0.3) is 0 Å². The number of aromatic nitrogens is 2. The van der Waals surface area contributed by atoms with Crippen LogP contribution in [-0.2, 0) is 12.8 Å². The zero-order valence-corrected chi connectivity index (χ0v) is 13.0. The van der Waals surface area contributed by atoms with E-state index in [2.05, 4.69) is 52.4 Å². The topological polar surface area (TPSA) is 37.9 Å². The van der Waals surface area contributed by atoms with Crippen LogP contribution >= 0.6 is 0 Å². The third kappa shape index (κ3) is 3.14. The second-order valence-corrected chi connectivity index (χ2v) is 6.14. The van der Waals surface area contributed by atoms with Crippen molar-refractivity contribution in [3.8, 4) is 16.9 Å². The monoisotopic (exact) mass is 304 g/mol. The second-order valence-electron chi connectivity index (χ2n) is 6.14. The first-order valence-corrected chi connectivity index (χ1v) is 8.18. The summed E-state index contributed by atoms with van der Waals surface area (Å²) in [7, 11) is 0. The Hall–Kier alpha value is -2.55. The van der Waals surface area contributed by atoms with Crippen molar-refractivity contribution in [2.45, 2.75) is 19.3 Å². The van der Waals surface area contributed by atoms with Crippen molar-refractivity contribution < 1.29 is 4.74 Å². The molecule has 3 aromatic rings. The minimum absolute atomic E-state index is 0.559. The molecule has 1 aliphatic rings. The first-order chi connectivity index (χ1) is 11.4. The average Bonchev–Trinajstić information content (AvgIpc) is 3.09. The molecule has 1 unspecified atom stereocenters. The highest BCUT2D eigenvalue weighted by molar-refractivity contribution is 5.64. The molecule has 0 amide bonds. The molecule has 1 aromatic heterocycles. The summed E-state index contributed by atoms with van der Waals surface area (Å²) in [6, 6.07) is 18.8. The standard InChI is InChI=1S/C20H20N2O/c1-2-5-16(6-3-1)17-7-4-8-18(12-17)23-13-15-9-10-19-20(11-15)22-14-21-19/h1-8,12,14-15H,9-11,13H2,(H,21,22). The quantitative estimate of drug-likeness (QED) is 0.782. The van der Waals surface area contributed by atoms with Crippen molar-refractivity contribution in [1.82, 2.24) is 9.97 Å². The maximum atomic E-state index is 6.06. The van der Waals surface area contributed by atoms with Crippen molar-refractivity contribution in [2.75, 3.05) is 6.61 Å². The highest BCUT2D eigenvalue weighted by Gasteiger charge is 2.21. The van der Waals surface area contributed by atoms with E-state index >= 15 is 0 Å². The molecule has 0 radical (unpaired) electrons. The zero-order valence-electron chi connectivity index (χ0n) is 13.0. The van der Waals surface area contributed by atoms with Crippen molar-refractivity contribution in [1.29, 1.82) is 0 Å². The third-order valence-electron chi connectivity index (χ3n) is 4.52. The van der Waals surface area contributed by atoms with E-state index in [4.69, 9.17) is 4.74 Å². The van der Waals surface area contributed by atoms with Crippen LogP contribution in [0, 0.1) is 5.92 Å². The van der Waals surface area contributed by atoms with Crippen LogP contribution in [0.3, 0.4) is 0 Å². The summed E-state index contributed by atoms with van der Waals surface area (Å²) in [5, 5.41) is 0. The molecule has 0 spiro atoms. The molecule has 0 saturated carbocycles. The van der Waals surface area contributed by atoms with Gasteiger partial charge in [-0.05, 0) is 48.4 Å². The summed E-state index contributed by atoms with van der Waals surface area (Å²) < 4.78 is 6.06. The van der Waals surface area contributed by atoms with Crippen molar-refractivity contribution >= 4 is 0 Å². The Morgan fingerprint density at radius 1 is 1.04 bits per heavy atom. The van der Waals surface area contributed by atoms with Gasteiger partial charge in [0.05, 0.1) is 18.6 Å². The summed E-state index contributed by atoms with van der Waals surface area (Å²) in [5.74, 6) is 1.50. The fraction of sp³-hybridized carbons (Fsp3) is 0.250. The number of aromatic amines is 1. The number of aryl methyl sites for hydroxylation is 1. The number of hydrogen-bond donors (Lipinski definition) is 1. The molecule has 3 heteroatoms. The average molecular weight is 304 g/mol. The number of nitrogens with one attached hydrogen (secondary N) is 1. The Morgan fingerprint density at radius 3 is 2.83 bits per heavy atom. The zero-order chi connectivity index (χ0) is 15.5. The Bertz CT molecular complexity index is 779. The molecular formula is C20H20N2O. The molecule has 4 rings (SSSR count). The lowest BCUT2D eigenvalue weighted by atomic mass is 9.90. The van der Waals surface area contributed by atoms with Gasteiger partial charge < -0.3 is 9.72 Å². The number of ether oxygens (including phenoxy) is 1. The van der Waals surface area contributed by atoms with Crippen molar-refractivity contribution in [2.24, 2.45) is 5.92 Å². The number of fused-ring (bicyclic) bond motifs is 1. The molecule has 23 heavy (non-hydrogen) atoms. The van der Waals surface area contributed by atoms with Gasteiger partial charge in [-0.3, -0.25) is 0 Å². The number of imidazole rings is 1. The maximum absolute atomic E-state index is 6.06. The van der Waals surface area contributed by atoms with Gasteiger partial charge in [0.15, 0.2) is 0 Å². The van der Waals surface area contributed by atoms with Gasteiger partial charge in [-0.25, -0.2) is 4.98 Å². The summed E-state index contributed by atoms with van der Waals surface area (Å²) in [6.45, 7) is 0.761. The first-order valence-electron chi connectivity index (χ1n) is 8.18. The van der Waals surface area contributed by atoms with Crippen molar-refractivity contribution in [3.63, 3.8) is 0 Å². The van der Waals surface area contributed by atoms with Gasteiger partial charge in [-0.2, -0.15) is 0 Å². The summed E-state index contributed by atoms with van der Waals surface area (Å²) >= 11 is 0. The van der Waals surface area contributed by atoms with E-state index in [0.29, 0.717) is 5.92 Å². The molecule has 3 nitrogen and oxygen atoms in total. The lowest BCUT2D eigenvalue weighted by Crippen LogP contribution is -2.20. The minimum atomic E-state index is 0.559. The van der Waals surface area contributed by atoms with Gasteiger partial charge in [-0.15, -0.1) is 0 Å². The van der Waals surface area contributed by atoms with Crippen LogP contribution in [0.4, 0.5) is 0 Å². The first kappa shape index (κ1) is 14.1. The lowest BCUT2D eigenvalue weighted by Gasteiger charge is -2.21. The van der Waals surface area contributed by atoms with E-state index in [1.807, 2.05) is 12.1 Å². The molecule has 1 heterocycles. The van der Waals surface area contributed by atoms with Crippen LogP contribution in [0.2, 0.25) is 0 Å². The fourth-order valence-corrected chi connectivity index (χ4v) is 3.23. The smallest absolute Gasteiger partial charge is 0.119 e. The number of hydrogen-bond acceptors (Lipinski definition) is 2.